The summed E-state index contributed by atoms with van der Waals surface area (Å²) in [7, 11) is 0. The fourth-order valence-electron chi connectivity index (χ4n) is 3.55. The lowest BCUT2D eigenvalue weighted by atomic mass is 9.96. The Labute approximate surface area is 137 Å². The lowest BCUT2D eigenvalue weighted by Crippen LogP contribution is -2.31. The van der Waals surface area contributed by atoms with E-state index in [1.165, 1.54) is 5.56 Å². The van der Waals surface area contributed by atoms with E-state index in [9.17, 15) is 4.79 Å². The van der Waals surface area contributed by atoms with Crippen LogP contribution in [0, 0.1) is 0 Å². The van der Waals surface area contributed by atoms with Crippen LogP contribution in [0.15, 0.2) is 40.3 Å². The van der Waals surface area contributed by atoms with E-state index in [1.807, 2.05) is 17.0 Å². The molecule has 2 aromatic heterocycles. The highest BCUT2D eigenvalue weighted by Crippen LogP contribution is 2.40. The number of nitrogens with zero attached hydrogens (tertiary/aromatic N) is 2. The lowest BCUT2D eigenvalue weighted by Gasteiger charge is -2.25. The highest BCUT2D eigenvalue weighted by Gasteiger charge is 2.32. The molecule has 4 heterocycles. The predicted molar refractivity (Wildman–Crippen MR) is 89.6 cm³/mol. The second-order valence-electron chi connectivity index (χ2n) is 5.98. The van der Waals surface area contributed by atoms with Crippen molar-refractivity contribution in [3.63, 3.8) is 0 Å². The van der Waals surface area contributed by atoms with Crippen molar-refractivity contribution in [1.29, 1.82) is 0 Å². The molecule has 114 valence electrons. The number of carbonyl (C=O) groups excluding carboxylic acids is 1. The van der Waals surface area contributed by atoms with Crippen LogP contribution in [-0.2, 0) is 17.6 Å². The normalized spacial score (nSPS) is 16.0. The molecule has 5 heteroatoms. The number of hydrogen-bond donors (Lipinski definition) is 0. The van der Waals surface area contributed by atoms with E-state index in [-0.39, 0.29) is 5.91 Å². The molecule has 0 saturated carbocycles. The third kappa shape index (κ3) is 1.96. The fraction of sp³-hybridized carbons (Fsp3) is 0.222. The monoisotopic (exact) mass is 322 g/mol. The summed E-state index contributed by atoms with van der Waals surface area (Å²) in [5.74, 6) is 1.03. The first kappa shape index (κ1) is 13.1. The number of rotatable bonds is 2. The second-order valence-corrected chi connectivity index (χ2v) is 6.84. The van der Waals surface area contributed by atoms with E-state index in [1.54, 1.807) is 17.6 Å². The summed E-state index contributed by atoms with van der Waals surface area (Å²) in [6, 6.07) is 8.12. The number of thiazole rings is 1. The first-order valence-electron chi connectivity index (χ1n) is 7.75. The fourth-order valence-corrected chi connectivity index (χ4v) is 4.34. The first-order chi connectivity index (χ1) is 11.3. The molecule has 0 fully saturated rings. The van der Waals surface area contributed by atoms with Crippen molar-refractivity contribution in [3.05, 3.63) is 47.0 Å². The van der Waals surface area contributed by atoms with Gasteiger partial charge in [-0.05, 0) is 48.2 Å². The van der Waals surface area contributed by atoms with Crippen LogP contribution in [0.25, 0.3) is 22.0 Å². The van der Waals surface area contributed by atoms with Gasteiger partial charge in [0.1, 0.15) is 0 Å². The molecular formula is C18H14N2O2S. The van der Waals surface area contributed by atoms with Crippen molar-refractivity contribution < 1.29 is 9.21 Å². The highest BCUT2D eigenvalue weighted by atomic mass is 32.1. The molecule has 2 aliphatic rings. The third-order valence-corrected chi connectivity index (χ3v) is 5.40. The molecule has 1 amide bonds. The van der Waals surface area contributed by atoms with Crippen LogP contribution >= 0.6 is 11.3 Å². The predicted octanol–water partition coefficient (Wildman–Crippen LogP) is 3.91. The van der Waals surface area contributed by atoms with Gasteiger partial charge in [-0.3, -0.25) is 4.79 Å². The Hall–Kier alpha value is -2.40. The van der Waals surface area contributed by atoms with Gasteiger partial charge in [0.05, 0.1) is 24.1 Å². The zero-order chi connectivity index (χ0) is 15.4. The number of anilines is 1. The van der Waals surface area contributed by atoms with Gasteiger partial charge in [0.2, 0.25) is 5.91 Å². The molecule has 1 aromatic carbocycles. The third-order valence-electron chi connectivity index (χ3n) is 4.54. The minimum atomic E-state index is 0.229. The van der Waals surface area contributed by atoms with Gasteiger partial charge in [0.25, 0.3) is 0 Å². The zero-order valence-corrected chi connectivity index (χ0v) is 13.2. The standard InChI is InChI=1S/C18H14N2O2S/c21-16-9-13-8-12(7-11-3-1-5-20(16)17(11)13)14-10-23-18(19-14)15-4-2-6-22-15/h2,4,6-8,10H,1,3,5,9H2. The van der Waals surface area contributed by atoms with Gasteiger partial charge in [-0.25, -0.2) is 4.98 Å². The van der Waals surface area contributed by atoms with E-state index in [0.717, 1.165) is 52.7 Å². The van der Waals surface area contributed by atoms with Gasteiger partial charge in [-0.15, -0.1) is 11.3 Å². The lowest BCUT2D eigenvalue weighted by molar-refractivity contribution is -0.117. The Kier molecular flexibility index (Phi) is 2.73. The van der Waals surface area contributed by atoms with Gasteiger partial charge < -0.3 is 9.32 Å². The number of furan rings is 1. The molecule has 0 atom stereocenters. The topological polar surface area (TPSA) is 46.3 Å². The minimum absolute atomic E-state index is 0.229. The zero-order valence-electron chi connectivity index (χ0n) is 12.4. The summed E-state index contributed by atoms with van der Waals surface area (Å²) >= 11 is 1.58. The SMILES string of the molecule is O=C1Cc2cc(-c3csc(-c4ccco4)n3)cc3c2N1CCC3. The molecule has 0 aliphatic carbocycles. The maximum Gasteiger partial charge on any atom is 0.231 e. The Morgan fingerprint density at radius 1 is 1.26 bits per heavy atom. The summed E-state index contributed by atoms with van der Waals surface area (Å²) in [4.78, 5) is 18.8. The second kappa shape index (κ2) is 4.80. The number of amides is 1. The molecule has 0 saturated heterocycles. The van der Waals surface area contributed by atoms with Crippen molar-refractivity contribution in [2.45, 2.75) is 19.3 Å². The van der Waals surface area contributed by atoms with Crippen LogP contribution in [0.3, 0.4) is 0 Å². The van der Waals surface area contributed by atoms with E-state index >= 15 is 0 Å². The Bertz CT molecular complexity index is 911. The van der Waals surface area contributed by atoms with Gasteiger partial charge in [-0.1, -0.05) is 0 Å². The molecule has 2 aliphatic heterocycles. The average molecular weight is 322 g/mol. The summed E-state index contributed by atoms with van der Waals surface area (Å²) in [6.07, 6.45) is 4.26. The van der Waals surface area contributed by atoms with Gasteiger partial charge in [-0.2, -0.15) is 0 Å². The van der Waals surface area contributed by atoms with E-state index < -0.39 is 0 Å². The van der Waals surface area contributed by atoms with Crippen LogP contribution in [0.1, 0.15) is 17.5 Å². The van der Waals surface area contributed by atoms with E-state index in [2.05, 4.69) is 17.5 Å². The Balaban J connectivity index is 1.60. The van der Waals surface area contributed by atoms with Gasteiger partial charge >= 0.3 is 0 Å². The molecule has 0 unspecified atom stereocenters. The molecule has 23 heavy (non-hydrogen) atoms. The molecule has 3 aromatic rings. The Morgan fingerprint density at radius 3 is 3.04 bits per heavy atom. The maximum atomic E-state index is 12.2. The Morgan fingerprint density at radius 2 is 2.17 bits per heavy atom. The summed E-state index contributed by atoms with van der Waals surface area (Å²) in [6.45, 7) is 0.859. The number of hydrogen-bond acceptors (Lipinski definition) is 4. The summed E-state index contributed by atoms with van der Waals surface area (Å²) in [5.41, 5.74) is 5.64. The van der Waals surface area contributed by atoms with Crippen molar-refractivity contribution in [2.24, 2.45) is 0 Å². The molecule has 0 spiro atoms. The maximum absolute atomic E-state index is 12.2. The van der Waals surface area contributed by atoms with Crippen LogP contribution < -0.4 is 4.90 Å². The van der Waals surface area contributed by atoms with E-state index in [0.29, 0.717) is 6.42 Å². The number of carbonyl (C=O) groups is 1. The molecule has 0 radical (unpaired) electrons. The highest BCUT2D eigenvalue weighted by molar-refractivity contribution is 7.13. The molecule has 4 nitrogen and oxygen atoms in total. The summed E-state index contributed by atoms with van der Waals surface area (Å²) < 4.78 is 5.42. The average Bonchev–Trinajstić information content (AvgIpc) is 3.28. The molecule has 0 bridgehead atoms. The first-order valence-corrected chi connectivity index (χ1v) is 8.63. The van der Waals surface area contributed by atoms with Crippen LogP contribution in [0.5, 0.6) is 0 Å². The van der Waals surface area contributed by atoms with Gasteiger partial charge in [0.15, 0.2) is 10.8 Å². The number of aromatic nitrogens is 1. The van der Waals surface area contributed by atoms with Crippen molar-refractivity contribution in [2.75, 3.05) is 11.4 Å². The van der Waals surface area contributed by atoms with E-state index in [4.69, 9.17) is 9.40 Å². The number of benzene rings is 1. The van der Waals surface area contributed by atoms with Crippen molar-refractivity contribution >= 4 is 22.9 Å². The number of aryl methyl sites for hydroxylation is 1. The minimum Gasteiger partial charge on any atom is -0.462 e. The smallest absolute Gasteiger partial charge is 0.231 e. The molecule has 5 rings (SSSR count). The van der Waals surface area contributed by atoms with Crippen LogP contribution in [0.2, 0.25) is 0 Å². The van der Waals surface area contributed by atoms with Crippen molar-refractivity contribution in [3.8, 4) is 22.0 Å². The quantitative estimate of drug-likeness (QED) is 0.719. The largest absolute Gasteiger partial charge is 0.462 e. The molecular weight excluding hydrogens is 308 g/mol. The van der Waals surface area contributed by atoms with Crippen LogP contribution in [-0.4, -0.2) is 17.4 Å². The van der Waals surface area contributed by atoms with Crippen LogP contribution in [0.4, 0.5) is 5.69 Å². The summed E-state index contributed by atoms with van der Waals surface area (Å²) in [5, 5.41) is 2.95. The van der Waals surface area contributed by atoms with Crippen molar-refractivity contribution in [1.82, 2.24) is 4.98 Å². The van der Waals surface area contributed by atoms with Gasteiger partial charge in [0, 0.05) is 17.5 Å². The molecule has 0 N–H and O–H groups in total.